The van der Waals surface area contributed by atoms with Crippen molar-refractivity contribution in [3.05, 3.63) is 0 Å². The fraction of sp³-hybridized carbons (Fsp3) is 0.615. The van der Waals surface area contributed by atoms with Crippen LogP contribution in [0.1, 0.15) is 32.6 Å². The molecule has 2 amide bonds. The number of amides is 2. The zero-order valence-corrected chi connectivity index (χ0v) is 11.1. The Kier molecular flexibility index (Phi) is 8.88. The molecule has 0 spiro atoms. The Morgan fingerprint density at radius 1 is 1.26 bits per heavy atom. The number of carbonyl (C=O) groups excluding carboxylic acids is 2. The number of rotatable bonds is 9. The summed E-state index contributed by atoms with van der Waals surface area (Å²) in [5.74, 6) is 0.875. The molecule has 0 aliphatic rings. The highest BCUT2D eigenvalue weighted by Gasteiger charge is 2.14. The second-order valence-corrected chi connectivity index (χ2v) is 4.14. The minimum absolute atomic E-state index is 0.0109. The number of hydrogen-bond acceptors (Lipinski definition) is 3. The van der Waals surface area contributed by atoms with Crippen LogP contribution in [0.15, 0.2) is 0 Å². The van der Waals surface area contributed by atoms with E-state index in [-0.39, 0.29) is 31.3 Å². The minimum Gasteiger partial charge on any atom is -0.480 e. The third kappa shape index (κ3) is 9.65. The zero-order valence-electron chi connectivity index (χ0n) is 11.1. The molecule has 0 saturated heterocycles. The third-order valence-corrected chi connectivity index (χ3v) is 2.40. The molecule has 2 N–H and O–H groups in total. The summed E-state index contributed by atoms with van der Waals surface area (Å²) >= 11 is 0. The Morgan fingerprint density at radius 2 is 1.95 bits per heavy atom. The maximum Gasteiger partial charge on any atom is 0.323 e. The molecule has 0 heterocycles. The molecule has 0 saturated carbocycles. The van der Waals surface area contributed by atoms with Gasteiger partial charge in [0, 0.05) is 19.9 Å². The van der Waals surface area contributed by atoms with E-state index < -0.39 is 5.97 Å². The molecule has 0 radical (unpaired) electrons. The number of hydrogen-bond donors (Lipinski definition) is 2. The summed E-state index contributed by atoms with van der Waals surface area (Å²) in [5.41, 5.74) is 0. The van der Waals surface area contributed by atoms with Crippen LogP contribution in [0.2, 0.25) is 0 Å². The number of nitrogens with zero attached hydrogens (tertiary/aromatic N) is 1. The van der Waals surface area contributed by atoms with Crippen molar-refractivity contribution in [1.82, 2.24) is 10.2 Å². The van der Waals surface area contributed by atoms with E-state index in [9.17, 15) is 14.4 Å². The molecule has 6 heteroatoms. The predicted molar refractivity (Wildman–Crippen MR) is 70.2 cm³/mol. The van der Waals surface area contributed by atoms with Gasteiger partial charge < -0.3 is 15.3 Å². The molecule has 0 aromatic heterocycles. The first-order valence-corrected chi connectivity index (χ1v) is 6.14. The lowest BCUT2D eigenvalue weighted by molar-refractivity contribution is -0.144. The summed E-state index contributed by atoms with van der Waals surface area (Å²) in [4.78, 5) is 34.0. The molecule has 6 nitrogen and oxygen atoms in total. The molecule has 0 fully saturated rings. The van der Waals surface area contributed by atoms with Gasteiger partial charge in [-0.05, 0) is 12.8 Å². The molecule has 19 heavy (non-hydrogen) atoms. The summed E-state index contributed by atoms with van der Waals surface area (Å²) in [5, 5.41) is 11.3. The van der Waals surface area contributed by atoms with E-state index >= 15 is 0 Å². The van der Waals surface area contributed by atoms with Crippen molar-refractivity contribution in [2.24, 2.45) is 0 Å². The van der Waals surface area contributed by atoms with Crippen LogP contribution < -0.4 is 5.32 Å². The SMILES string of the molecule is C#CCN(CC(=O)O)C(=O)CCCCCNC(C)=O. The summed E-state index contributed by atoms with van der Waals surface area (Å²) in [6, 6.07) is 0. The molecule has 0 bridgehead atoms. The van der Waals surface area contributed by atoms with Crippen LogP contribution in [0.5, 0.6) is 0 Å². The van der Waals surface area contributed by atoms with Crippen molar-refractivity contribution in [2.75, 3.05) is 19.6 Å². The Morgan fingerprint density at radius 3 is 2.47 bits per heavy atom. The number of unbranched alkanes of at least 4 members (excludes halogenated alkanes) is 2. The molecular weight excluding hydrogens is 248 g/mol. The van der Waals surface area contributed by atoms with Gasteiger partial charge in [0.05, 0.1) is 6.54 Å². The first kappa shape index (κ1) is 17.0. The lowest BCUT2D eigenvalue weighted by Crippen LogP contribution is -2.35. The molecule has 0 aliphatic heterocycles. The van der Waals surface area contributed by atoms with Gasteiger partial charge in [-0.1, -0.05) is 12.3 Å². The van der Waals surface area contributed by atoms with Gasteiger partial charge in [0.1, 0.15) is 6.54 Å². The number of carboxylic acids is 1. The van der Waals surface area contributed by atoms with Crippen molar-refractivity contribution >= 4 is 17.8 Å². The highest BCUT2D eigenvalue weighted by molar-refractivity contribution is 5.81. The van der Waals surface area contributed by atoms with Crippen LogP contribution in [0.25, 0.3) is 0 Å². The van der Waals surface area contributed by atoms with Crippen molar-refractivity contribution in [3.63, 3.8) is 0 Å². The van der Waals surface area contributed by atoms with E-state index in [1.54, 1.807) is 0 Å². The van der Waals surface area contributed by atoms with Gasteiger partial charge in [-0.3, -0.25) is 14.4 Å². The van der Waals surface area contributed by atoms with Crippen LogP contribution in [0, 0.1) is 12.3 Å². The second-order valence-electron chi connectivity index (χ2n) is 4.14. The monoisotopic (exact) mass is 268 g/mol. The van der Waals surface area contributed by atoms with Crippen molar-refractivity contribution in [1.29, 1.82) is 0 Å². The molecule has 0 unspecified atom stereocenters. The van der Waals surface area contributed by atoms with E-state index in [0.717, 1.165) is 17.7 Å². The first-order valence-electron chi connectivity index (χ1n) is 6.14. The summed E-state index contributed by atoms with van der Waals surface area (Å²) < 4.78 is 0. The topological polar surface area (TPSA) is 86.7 Å². The van der Waals surface area contributed by atoms with Gasteiger partial charge in [0.25, 0.3) is 0 Å². The van der Waals surface area contributed by atoms with Gasteiger partial charge in [0.2, 0.25) is 11.8 Å². The fourth-order valence-electron chi connectivity index (χ4n) is 1.51. The molecule has 0 aromatic rings. The smallest absolute Gasteiger partial charge is 0.323 e. The lowest BCUT2D eigenvalue weighted by atomic mass is 10.1. The largest absolute Gasteiger partial charge is 0.480 e. The van der Waals surface area contributed by atoms with Crippen LogP contribution >= 0.6 is 0 Å². The van der Waals surface area contributed by atoms with Crippen molar-refractivity contribution in [2.45, 2.75) is 32.6 Å². The number of carbonyl (C=O) groups is 3. The van der Waals surface area contributed by atoms with E-state index in [1.807, 2.05) is 0 Å². The molecule has 0 aliphatic carbocycles. The van der Waals surface area contributed by atoms with E-state index in [0.29, 0.717) is 13.0 Å². The zero-order chi connectivity index (χ0) is 14.7. The van der Waals surface area contributed by atoms with E-state index in [4.69, 9.17) is 11.5 Å². The maximum atomic E-state index is 11.7. The van der Waals surface area contributed by atoms with Gasteiger partial charge in [-0.15, -0.1) is 6.42 Å². The fourth-order valence-corrected chi connectivity index (χ4v) is 1.51. The highest BCUT2D eigenvalue weighted by atomic mass is 16.4. The number of aliphatic carboxylic acids is 1. The van der Waals surface area contributed by atoms with Crippen LogP contribution in [-0.2, 0) is 14.4 Å². The quantitative estimate of drug-likeness (QED) is 0.463. The highest BCUT2D eigenvalue weighted by Crippen LogP contribution is 2.03. The Hall–Kier alpha value is -2.03. The maximum absolute atomic E-state index is 11.7. The summed E-state index contributed by atoms with van der Waals surface area (Å²) in [6.45, 7) is 1.69. The molecule has 0 atom stereocenters. The van der Waals surface area contributed by atoms with E-state index in [2.05, 4.69) is 11.2 Å². The lowest BCUT2D eigenvalue weighted by Gasteiger charge is -2.17. The normalized spacial score (nSPS) is 9.47. The summed E-state index contributed by atoms with van der Waals surface area (Å²) in [7, 11) is 0. The van der Waals surface area contributed by atoms with Gasteiger partial charge in [0.15, 0.2) is 0 Å². The minimum atomic E-state index is -1.07. The van der Waals surface area contributed by atoms with Crippen LogP contribution in [-0.4, -0.2) is 47.4 Å². The van der Waals surface area contributed by atoms with Crippen LogP contribution in [0.4, 0.5) is 0 Å². The number of carboxylic acid groups (broad SMARTS) is 1. The standard InChI is InChI=1S/C13H20N2O4/c1-3-9-15(10-13(18)19)12(17)7-5-4-6-8-14-11(2)16/h1H,4-10H2,2H3,(H,14,16)(H,18,19). The third-order valence-electron chi connectivity index (χ3n) is 2.40. The number of nitrogens with one attached hydrogen (secondary N) is 1. The average molecular weight is 268 g/mol. The molecule has 0 rings (SSSR count). The van der Waals surface area contributed by atoms with Gasteiger partial charge in [-0.2, -0.15) is 0 Å². The average Bonchev–Trinajstić information content (AvgIpc) is 2.31. The predicted octanol–water partition coefficient (Wildman–Crippen LogP) is 0.229. The van der Waals surface area contributed by atoms with Crippen molar-refractivity contribution < 1.29 is 19.5 Å². The second kappa shape index (κ2) is 9.95. The summed E-state index contributed by atoms with van der Waals surface area (Å²) in [6.07, 6.45) is 7.60. The van der Waals surface area contributed by atoms with Gasteiger partial charge >= 0.3 is 5.97 Å². The molecule has 0 aromatic carbocycles. The Labute approximate surface area is 113 Å². The van der Waals surface area contributed by atoms with E-state index in [1.165, 1.54) is 6.92 Å². The molecule has 106 valence electrons. The Balaban J connectivity index is 3.84. The first-order chi connectivity index (χ1) is 8.97. The number of terminal acetylenes is 1. The van der Waals surface area contributed by atoms with Crippen LogP contribution in [0.3, 0.4) is 0 Å². The van der Waals surface area contributed by atoms with Crippen molar-refractivity contribution in [3.8, 4) is 12.3 Å². The van der Waals surface area contributed by atoms with Gasteiger partial charge in [-0.25, -0.2) is 0 Å². The Bertz CT molecular complexity index is 360. The molecular formula is C13H20N2O4.